The summed E-state index contributed by atoms with van der Waals surface area (Å²) in [6, 6.07) is 1.04. The van der Waals surface area contributed by atoms with E-state index in [1.54, 1.807) is 0 Å². The first kappa shape index (κ1) is 10.9. The van der Waals surface area contributed by atoms with Gasteiger partial charge in [0.05, 0.1) is 10.0 Å². The largest absolute Gasteiger partial charge is 0.434 e. The van der Waals surface area contributed by atoms with Crippen molar-refractivity contribution < 1.29 is 13.2 Å². The molecule has 0 amide bonds. The standard InChI is InChI=1S/C6HCl3F3N/c7-2-1-3(8)13-5(4(2)9)6(10,11)12/h1H. The zero-order chi connectivity index (χ0) is 10.2. The van der Waals surface area contributed by atoms with Crippen molar-refractivity contribution in [3.63, 3.8) is 0 Å². The quantitative estimate of drug-likeness (QED) is 0.633. The first-order chi connectivity index (χ1) is 5.82. The first-order valence-electron chi connectivity index (χ1n) is 2.91. The molecule has 0 atom stereocenters. The van der Waals surface area contributed by atoms with Crippen LogP contribution >= 0.6 is 34.8 Å². The summed E-state index contributed by atoms with van der Waals surface area (Å²) in [5.74, 6) is 0. The van der Waals surface area contributed by atoms with E-state index in [1.807, 2.05) is 0 Å². The van der Waals surface area contributed by atoms with Gasteiger partial charge in [-0.25, -0.2) is 4.98 Å². The lowest BCUT2D eigenvalue weighted by Crippen LogP contribution is -2.09. The van der Waals surface area contributed by atoms with Gasteiger partial charge >= 0.3 is 6.18 Å². The van der Waals surface area contributed by atoms with Gasteiger partial charge in [0, 0.05) is 0 Å². The smallest absolute Gasteiger partial charge is 0.230 e. The maximum atomic E-state index is 12.1. The molecule has 0 aliphatic rings. The molecule has 0 unspecified atom stereocenters. The monoisotopic (exact) mass is 249 g/mol. The summed E-state index contributed by atoms with van der Waals surface area (Å²) in [5, 5.41) is -1.26. The number of pyridine rings is 1. The van der Waals surface area contributed by atoms with Gasteiger partial charge in [0.1, 0.15) is 5.15 Å². The number of hydrogen-bond acceptors (Lipinski definition) is 1. The molecule has 1 rings (SSSR count). The maximum absolute atomic E-state index is 12.1. The van der Waals surface area contributed by atoms with Crippen molar-refractivity contribution in [1.82, 2.24) is 4.98 Å². The van der Waals surface area contributed by atoms with Gasteiger partial charge in [0.2, 0.25) is 0 Å². The number of aromatic nitrogens is 1. The van der Waals surface area contributed by atoms with E-state index in [0.29, 0.717) is 0 Å². The molecule has 0 fully saturated rings. The van der Waals surface area contributed by atoms with Crippen LogP contribution in [0.2, 0.25) is 15.2 Å². The molecule has 0 aliphatic carbocycles. The lowest BCUT2D eigenvalue weighted by molar-refractivity contribution is -0.141. The fraction of sp³-hybridized carbons (Fsp3) is 0.167. The van der Waals surface area contributed by atoms with Crippen LogP contribution in [0.5, 0.6) is 0 Å². The van der Waals surface area contributed by atoms with Crippen LogP contribution in [0.15, 0.2) is 6.07 Å². The highest BCUT2D eigenvalue weighted by Crippen LogP contribution is 2.37. The van der Waals surface area contributed by atoms with Crippen LogP contribution < -0.4 is 0 Å². The fourth-order valence-electron chi connectivity index (χ4n) is 0.657. The van der Waals surface area contributed by atoms with Crippen LogP contribution in [0.25, 0.3) is 0 Å². The van der Waals surface area contributed by atoms with Gasteiger partial charge in [-0.3, -0.25) is 0 Å². The van der Waals surface area contributed by atoms with E-state index >= 15 is 0 Å². The highest BCUT2D eigenvalue weighted by Gasteiger charge is 2.36. The van der Waals surface area contributed by atoms with Crippen LogP contribution in [-0.2, 0) is 6.18 Å². The second-order valence-electron chi connectivity index (χ2n) is 2.09. The van der Waals surface area contributed by atoms with Gasteiger partial charge in [-0.2, -0.15) is 13.2 Å². The molecule has 0 saturated carbocycles. The minimum atomic E-state index is -4.65. The van der Waals surface area contributed by atoms with Gasteiger partial charge in [-0.15, -0.1) is 0 Å². The molecule has 1 heterocycles. The normalized spacial score (nSPS) is 11.8. The van der Waals surface area contributed by atoms with E-state index < -0.39 is 16.9 Å². The molecule has 72 valence electrons. The third kappa shape index (κ3) is 2.39. The van der Waals surface area contributed by atoms with Crippen LogP contribution in [-0.4, -0.2) is 4.98 Å². The van der Waals surface area contributed by atoms with Gasteiger partial charge in [-0.1, -0.05) is 34.8 Å². The Morgan fingerprint density at radius 1 is 1.15 bits per heavy atom. The summed E-state index contributed by atoms with van der Waals surface area (Å²) in [4.78, 5) is 3.03. The molecule has 0 spiro atoms. The molecular formula is C6HCl3F3N. The van der Waals surface area contributed by atoms with E-state index in [9.17, 15) is 13.2 Å². The van der Waals surface area contributed by atoms with Crippen LogP contribution in [0, 0.1) is 0 Å². The number of halogens is 6. The topological polar surface area (TPSA) is 12.9 Å². The van der Waals surface area contributed by atoms with E-state index in [4.69, 9.17) is 34.8 Å². The number of alkyl halides is 3. The van der Waals surface area contributed by atoms with Crippen LogP contribution in [0.3, 0.4) is 0 Å². The molecule has 0 saturated heterocycles. The Labute approximate surface area is 86.4 Å². The van der Waals surface area contributed by atoms with E-state index in [1.165, 1.54) is 0 Å². The molecular weight excluding hydrogens is 249 g/mol. The predicted molar refractivity (Wildman–Crippen MR) is 44.3 cm³/mol. The third-order valence-electron chi connectivity index (χ3n) is 1.15. The third-order valence-corrected chi connectivity index (χ3v) is 2.12. The molecule has 1 aromatic heterocycles. The first-order valence-corrected chi connectivity index (χ1v) is 4.04. The molecule has 1 nitrogen and oxygen atoms in total. The SMILES string of the molecule is FC(F)(F)c1nc(Cl)cc(Cl)c1Cl. The summed E-state index contributed by atoms with van der Waals surface area (Å²) in [5.41, 5.74) is -1.27. The Morgan fingerprint density at radius 3 is 2.15 bits per heavy atom. The molecule has 13 heavy (non-hydrogen) atoms. The van der Waals surface area contributed by atoms with Gasteiger partial charge in [0.15, 0.2) is 5.69 Å². The summed E-state index contributed by atoms with van der Waals surface area (Å²) in [7, 11) is 0. The Bertz CT molecular complexity index is 337. The number of nitrogens with zero attached hydrogens (tertiary/aromatic N) is 1. The minimum Gasteiger partial charge on any atom is -0.230 e. The van der Waals surface area contributed by atoms with Crippen LogP contribution in [0.1, 0.15) is 5.69 Å². The molecule has 0 bridgehead atoms. The summed E-state index contributed by atoms with van der Waals surface area (Å²) in [6.45, 7) is 0. The Balaban J connectivity index is 3.37. The van der Waals surface area contributed by atoms with Gasteiger partial charge in [-0.05, 0) is 6.07 Å². The summed E-state index contributed by atoms with van der Waals surface area (Å²) < 4.78 is 36.4. The van der Waals surface area contributed by atoms with Gasteiger partial charge < -0.3 is 0 Å². The molecule has 0 radical (unpaired) electrons. The zero-order valence-electron chi connectivity index (χ0n) is 5.79. The average Bonchev–Trinajstić information content (AvgIpc) is 1.94. The highest BCUT2D eigenvalue weighted by molar-refractivity contribution is 6.43. The minimum absolute atomic E-state index is 0.269. The average molecular weight is 250 g/mol. The zero-order valence-corrected chi connectivity index (χ0v) is 8.06. The number of hydrogen-bond donors (Lipinski definition) is 0. The fourth-order valence-corrected chi connectivity index (χ4v) is 1.30. The second-order valence-corrected chi connectivity index (χ2v) is 3.26. The molecule has 0 aromatic carbocycles. The van der Waals surface area contributed by atoms with Crippen molar-refractivity contribution in [2.75, 3.05) is 0 Å². The van der Waals surface area contributed by atoms with E-state index in [-0.39, 0.29) is 10.2 Å². The lowest BCUT2D eigenvalue weighted by Gasteiger charge is -2.08. The van der Waals surface area contributed by atoms with Crippen molar-refractivity contribution in [2.45, 2.75) is 6.18 Å². The van der Waals surface area contributed by atoms with Crippen molar-refractivity contribution in [1.29, 1.82) is 0 Å². The van der Waals surface area contributed by atoms with Crippen molar-refractivity contribution in [3.8, 4) is 0 Å². The number of rotatable bonds is 0. The Kier molecular flexibility index (Phi) is 2.95. The van der Waals surface area contributed by atoms with E-state index in [0.717, 1.165) is 6.07 Å². The van der Waals surface area contributed by atoms with E-state index in [2.05, 4.69) is 4.98 Å². The van der Waals surface area contributed by atoms with Crippen molar-refractivity contribution in [3.05, 3.63) is 27.0 Å². The second kappa shape index (κ2) is 3.52. The van der Waals surface area contributed by atoms with Crippen molar-refractivity contribution >= 4 is 34.8 Å². The Morgan fingerprint density at radius 2 is 1.69 bits per heavy atom. The van der Waals surface area contributed by atoms with Crippen molar-refractivity contribution in [2.24, 2.45) is 0 Å². The summed E-state index contributed by atoms with van der Waals surface area (Å²) in [6.07, 6.45) is -4.65. The molecule has 7 heteroatoms. The summed E-state index contributed by atoms with van der Waals surface area (Å²) >= 11 is 15.9. The molecule has 0 N–H and O–H groups in total. The van der Waals surface area contributed by atoms with Gasteiger partial charge in [0.25, 0.3) is 0 Å². The molecule has 0 aliphatic heterocycles. The predicted octanol–water partition coefficient (Wildman–Crippen LogP) is 4.06. The lowest BCUT2D eigenvalue weighted by atomic mass is 10.3. The van der Waals surface area contributed by atoms with Crippen LogP contribution in [0.4, 0.5) is 13.2 Å². The Hall–Kier alpha value is -0.190. The molecule has 1 aromatic rings. The highest BCUT2D eigenvalue weighted by atomic mass is 35.5. The maximum Gasteiger partial charge on any atom is 0.434 e.